The summed E-state index contributed by atoms with van der Waals surface area (Å²) < 4.78 is 11.2. The molecule has 0 unspecified atom stereocenters. The van der Waals surface area contributed by atoms with Crippen LogP contribution in [0.15, 0.2) is 24.3 Å². The van der Waals surface area contributed by atoms with Crippen LogP contribution in [0.1, 0.15) is 26.3 Å². The van der Waals surface area contributed by atoms with Crippen molar-refractivity contribution in [2.24, 2.45) is 5.84 Å². The zero-order valence-corrected chi connectivity index (χ0v) is 12.3. The maximum absolute atomic E-state index is 5.73. The highest BCUT2D eigenvalue weighted by atomic mass is 16.5. The van der Waals surface area contributed by atoms with Crippen LogP contribution in [-0.4, -0.2) is 21.1 Å². The quantitative estimate of drug-likeness (QED) is 0.622. The molecule has 0 spiro atoms. The third-order valence-corrected chi connectivity index (χ3v) is 2.62. The number of aromatic nitrogens is 3. The van der Waals surface area contributed by atoms with Gasteiger partial charge in [0, 0.05) is 0 Å². The fourth-order valence-electron chi connectivity index (χ4n) is 1.71. The first-order chi connectivity index (χ1) is 10.1. The summed E-state index contributed by atoms with van der Waals surface area (Å²) in [6.45, 7) is 5.81. The van der Waals surface area contributed by atoms with Gasteiger partial charge in [0.2, 0.25) is 5.95 Å². The van der Waals surface area contributed by atoms with Crippen LogP contribution in [0.3, 0.4) is 0 Å². The summed E-state index contributed by atoms with van der Waals surface area (Å²) in [6.07, 6.45) is 0.785. The lowest BCUT2D eigenvalue weighted by molar-refractivity contribution is 0.218. The van der Waals surface area contributed by atoms with E-state index in [1.54, 1.807) is 0 Å². The number of nitrogens with one attached hydrogen (secondary N) is 1. The third-order valence-electron chi connectivity index (χ3n) is 2.62. The highest BCUT2D eigenvalue weighted by Crippen LogP contribution is 2.24. The molecule has 0 amide bonds. The summed E-state index contributed by atoms with van der Waals surface area (Å²) in [5, 5.41) is 0. The summed E-state index contributed by atoms with van der Waals surface area (Å²) in [5.41, 5.74) is 3.43. The predicted octanol–water partition coefficient (Wildman–Crippen LogP) is 2.30. The Balaban J connectivity index is 2.30. The SMILES string of the molecule is CCc1ccccc1Oc1nc(NN)nc(OC(C)C)n1. The number of ether oxygens (including phenoxy) is 2. The first kappa shape index (κ1) is 15.0. The van der Waals surface area contributed by atoms with E-state index in [0.717, 1.165) is 12.0 Å². The molecule has 0 aliphatic heterocycles. The van der Waals surface area contributed by atoms with Gasteiger partial charge in [-0.15, -0.1) is 4.98 Å². The smallest absolute Gasteiger partial charge is 0.330 e. The molecule has 0 saturated heterocycles. The van der Waals surface area contributed by atoms with E-state index >= 15 is 0 Å². The number of rotatable bonds is 6. The van der Waals surface area contributed by atoms with Crippen LogP contribution < -0.4 is 20.7 Å². The molecule has 1 heterocycles. The van der Waals surface area contributed by atoms with Crippen LogP contribution in [0.25, 0.3) is 0 Å². The molecule has 7 heteroatoms. The number of hydrazine groups is 1. The van der Waals surface area contributed by atoms with Crippen molar-refractivity contribution in [2.45, 2.75) is 33.3 Å². The number of nitrogen functional groups attached to an aromatic ring is 1. The Bertz CT molecular complexity index is 604. The van der Waals surface area contributed by atoms with Gasteiger partial charge in [0.05, 0.1) is 6.10 Å². The second kappa shape index (κ2) is 6.85. The Morgan fingerprint density at radius 3 is 2.52 bits per heavy atom. The van der Waals surface area contributed by atoms with Crippen LogP contribution in [0.4, 0.5) is 5.95 Å². The minimum absolute atomic E-state index is 0.0613. The first-order valence-corrected chi connectivity index (χ1v) is 6.77. The van der Waals surface area contributed by atoms with E-state index in [2.05, 4.69) is 27.3 Å². The lowest BCUT2D eigenvalue weighted by Gasteiger charge is -2.11. The standard InChI is InChI=1S/C14H19N5O2/c1-4-10-7-5-6-8-11(10)21-14-17-12(19-15)16-13(18-14)20-9(2)3/h5-9H,4,15H2,1-3H3,(H,16,17,18,19). The molecule has 3 N–H and O–H groups in total. The fraction of sp³-hybridized carbons (Fsp3) is 0.357. The number of anilines is 1. The normalized spacial score (nSPS) is 10.5. The molecule has 21 heavy (non-hydrogen) atoms. The summed E-state index contributed by atoms with van der Waals surface area (Å²) in [6, 6.07) is 8.00. The molecule has 0 radical (unpaired) electrons. The van der Waals surface area contributed by atoms with Crippen molar-refractivity contribution in [3.8, 4) is 17.8 Å². The first-order valence-electron chi connectivity index (χ1n) is 6.77. The van der Waals surface area contributed by atoms with E-state index in [1.165, 1.54) is 0 Å². The van der Waals surface area contributed by atoms with E-state index in [0.29, 0.717) is 5.75 Å². The van der Waals surface area contributed by atoms with Crippen molar-refractivity contribution in [1.29, 1.82) is 0 Å². The Hall–Kier alpha value is -2.41. The van der Waals surface area contributed by atoms with Crippen molar-refractivity contribution >= 4 is 5.95 Å². The van der Waals surface area contributed by atoms with Crippen LogP contribution in [-0.2, 0) is 6.42 Å². The molecule has 2 rings (SSSR count). The zero-order valence-electron chi connectivity index (χ0n) is 12.3. The van der Waals surface area contributed by atoms with Crippen LogP contribution >= 0.6 is 0 Å². The molecule has 1 aromatic carbocycles. The van der Waals surface area contributed by atoms with Crippen molar-refractivity contribution in [3.05, 3.63) is 29.8 Å². The van der Waals surface area contributed by atoms with Gasteiger partial charge in [-0.25, -0.2) is 5.84 Å². The van der Waals surface area contributed by atoms with E-state index in [-0.39, 0.29) is 24.1 Å². The number of nitrogens with zero attached hydrogens (tertiary/aromatic N) is 3. The van der Waals surface area contributed by atoms with Gasteiger partial charge >= 0.3 is 12.0 Å². The Morgan fingerprint density at radius 1 is 1.14 bits per heavy atom. The maximum Gasteiger partial charge on any atom is 0.330 e. The van der Waals surface area contributed by atoms with Gasteiger partial charge in [0.1, 0.15) is 5.75 Å². The summed E-state index contributed by atoms with van der Waals surface area (Å²) in [7, 11) is 0. The number of nitrogens with two attached hydrogens (primary N) is 1. The van der Waals surface area contributed by atoms with Crippen LogP contribution in [0, 0.1) is 0 Å². The molecule has 112 valence electrons. The number of aryl methyl sites for hydroxylation is 1. The molecule has 0 fully saturated rings. The van der Waals surface area contributed by atoms with Gasteiger partial charge in [-0.2, -0.15) is 9.97 Å². The fourth-order valence-corrected chi connectivity index (χ4v) is 1.71. The summed E-state index contributed by atoms with van der Waals surface area (Å²) in [4.78, 5) is 12.2. The zero-order chi connectivity index (χ0) is 15.2. The molecule has 2 aromatic rings. The van der Waals surface area contributed by atoms with Crippen LogP contribution in [0.2, 0.25) is 0 Å². The Labute approximate surface area is 123 Å². The number of benzene rings is 1. The average molecular weight is 289 g/mol. The molecule has 0 aliphatic rings. The van der Waals surface area contributed by atoms with Crippen molar-refractivity contribution in [3.63, 3.8) is 0 Å². The number of para-hydroxylation sites is 1. The monoisotopic (exact) mass is 289 g/mol. The van der Waals surface area contributed by atoms with Gasteiger partial charge < -0.3 is 9.47 Å². The maximum atomic E-state index is 5.73. The van der Waals surface area contributed by atoms with Gasteiger partial charge in [-0.1, -0.05) is 25.1 Å². The topological polar surface area (TPSA) is 95.2 Å². The minimum Gasteiger partial charge on any atom is -0.461 e. The predicted molar refractivity (Wildman–Crippen MR) is 79.3 cm³/mol. The van der Waals surface area contributed by atoms with E-state index < -0.39 is 0 Å². The highest BCUT2D eigenvalue weighted by molar-refractivity contribution is 5.36. The van der Waals surface area contributed by atoms with Crippen molar-refractivity contribution in [1.82, 2.24) is 15.0 Å². The van der Waals surface area contributed by atoms with Crippen molar-refractivity contribution in [2.75, 3.05) is 5.43 Å². The minimum atomic E-state index is -0.0613. The molecule has 7 nitrogen and oxygen atoms in total. The van der Waals surface area contributed by atoms with Gasteiger partial charge in [0.25, 0.3) is 0 Å². The number of hydrogen-bond acceptors (Lipinski definition) is 7. The second-order valence-corrected chi connectivity index (χ2v) is 4.60. The van der Waals surface area contributed by atoms with Gasteiger partial charge in [-0.05, 0) is 31.9 Å². The molecular formula is C14H19N5O2. The van der Waals surface area contributed by atoms with E-state index in [1.807, 2.05) is 38.1 Å². The molecule has 0 atom stereocenters. The number of hydrogen-bond donors (Lipinski definition) is 2. The lowest BCUT2D eigenvalue weighted by Crippen LogP contribution is -2.15. The third kappa shape index (κ3) is 4.03. The van der Waals surface area contributed by atoms with Crippen molar-refractivity contribution < 1.29 is 9.47 Å². The van der Waals surface area contributed by atoms with Crippen LogP contribution in [0.5, 0.6) is 17.8 Å². The molecule has 0 bridgehead atoms. The summed E-state index contributed by atoms with van der Waals surface area (Å²) >= 11 is 0. The Kier molecular flexibility index (Phi) is 4.89. The largest absolute Gasteiger partial charge is 0.461 e. The van der Waals surface area contributed by atoms with Gasteiger partial charge in [-0.3, -0.25) is 5.43 Å². The summed E-state index contributed by atoms with van der Waals surface area (Å²) in [5.74, 6) is 6.24. The second-order valence-electron chi connectivity index (χ2n) is 4.60. The van der Waals surface area contributed by atoms with E-state index in [4.69, 9.17) is 15.3 Å². The lowest BCUT2D eigenvalue weighted by atomic mass is 10.1. The molecule has 0 saturated carbocycles. The molecular weight excluding hydrogens is 270 g/mol. The van der Waals surface area contributed by atoms with E-state index in [9.17, 15) is 0 Å². The molecule has 0 aliphatic carbocycles. The van der Waals surface area contributed by atoms with Gasteiger partial charge in [0.15, 0.2) is 0 Å². The highest BCUT2D eigenvalue weighted by Gasteiger charge is 2.11. The Morgan fingerprint density at radius 2 is 1.86 bits per heavy atom. The average Bonchev–Trinajstić information content (AvgIpc) is 2.46. The molecule has 1 aromatic heterocycles.